The van der Waals surface area contributed by atoms with Gasteiger partial charge in [-0.25, -0.2) is 0 Å². The smallest absolute Gasteiger partial charge is 0.251 e. The van der Waals surface area contributed by atoms with Gasteiger partial charge in [0.15, 0.2) is 5.78 Å². The molecule has 0 saturated carbocycles. The lowest BCUT2D eigenvalue weighted by atomic mass is 10.0. The Bertz CT molecular complexity index is 1100. The van der Waals surface area contributed by atoms with Crippen LogP contribution in [0.3, 0.4) is 0 Å². The molecule has 2 saturated heterocycles. The first kappa shape index (κ1) is 31.1. The number of nitrogens with one attached hydrogen (secondary N) is 2. The van der Waals surface area contributed by atoms with Gasteiger partial charge < -0.3 is 25.3 Å². The van der Waals surface area contributed by atoms with Crippen molar-refractivity contribution in [1.29, 1.82) is 0 Å². The van der Waals surface area contributed by atoms with Gasteiger partial charge in [0.25, 0.3) is 5.91 Å². The van der Waals surface area contributed by atoms with Crippen molar-refractivity contribution in [3.8, 4) is 0 Å². The Morgan fingerprint density at radius 2 is 1.52 bits per heavy atom. The van der Waals surface area contributed by atoms with Crippen LogP contribution in [-0.2, 0) is 19.2 Å². The lowest BCUT2D eigenvalue weighted by molar-refractivity contribution is -0.138. The predicted octanol–water partition coefficient (Wildman–Crippen LogP) is 2.22. The van der Waals surface area contributed by atoms with Crippen molar-refractivity contribution >= 4 is 35.1 Å². The Morgan fingerprint density at radius 3 is 2.08 bits per heavy atom. The van der Waals surface area contributed by atoms with E-state index in [4.69, 9.17) is 0 Å². The molecule has 1 unspecified atom stereocenters. The summed E-state index contributed by atoms with van der Waals surface area (Å²) < 4.78 is 0. The van der Waals surface area contributed by atoms with Crippen LogP contribution in [0.1, 0.15) is 70.7 Å². The molecule has 2 fully saturated rings. The number of hydrogen-bond acceptors (Lipinski definition) is 6. The van der Waals surface area contributed by atoms with Crippen LogP contribution < -0.4 is 15.5 Å². The minimum absolute atomic E-state index is 0.0882. The van der Waals surface area contributed by atoms with Crippen molar-refractivity contribution in [2.75, 3.05) is 32.1 Å². The first-order valence-corrected chi connectivity index (χ1v) is 14.3. The third-order valence-electron chi connectivity index (χ3n) is 7.65. The number of ketones is 1. The molecular formula is C30H45N5O5. The van der Waals surface area contributed by atoms with Crippen LogP contribution in [0.4, 0.5) is 5.69 Å². The second-order valence-electron chi connectivity index (χ2n) is 12.1. The molecule has 0 radical (unpaired) electrons. The Balaban J connectivity index is 1.76. The van der Waals surface area contributed by atoms with E-state index >= 15 is 0 Å². The highest BCUT2D eigenvalue weighted by molar-refractivity contribution is 6.01. The summed E-state index contributed by atoms with van der Waals surface area (Å²) in [5, 5.41) is 5.66. The van der Waals surface area contributed by atoms with Gasteiger partial charge in [-0.15, -0.1) is 0 Å². The molecule has 2 N–H and O–H groups in total. The van der Waals surface area contributed by atoms with Crippen LogP contribution in [0.2, 0.25) is 0 Å². The van der Waals surface area contributed by atoms with Gasteiger partial charge >= 0.3 is 0 Å². The largest absolute Gasteiger partial charge is 0.378 e. The van der Waals surface area contributed by atoms with Crippen molar-refractivity contribution < 1.29 is 24.0 Å². The molecule has 10 heteroatoms. The zero-order chi connectivity index (χ0) is 29.7. The fourth-order valence-electron chi connectivity index (χ4n) is 5.61. The number of Topliss-reactive ketones (excluding diaryl/α,β-unsaturated/α-hetero) is 1. The Hall–Kier alpha value is -3.43. The number of rotatable bonds is 11. The number of carbonyl (C=O) groups is 5. The number of fused-ring (bicyclic) bond motifs is 1. The maximum Gasteiger partial charge on any atom is 0.251 e. The summed E-state index contributed by atoms with van der Waals surface area (Å²) in [4.78, 5) is 70.4. The molecule has 0 spiro atoms. The maximum atomic E-state index is 13.8. The highest BCUT2D eigenvalue weighted by atomic mass is 16.2. The van der Waals surface area contributed by atoms with Crippen molar-refractivity contribution in [1.82, 2.24) is 20.4 Å². The fraction of sp³-hybridized carbons (Fsp3) is 0.633. The Morgan fingerprint density at radius 1 is 0.900 bits per heavy atom. The SMILES string of the molecule is CC(=O)N[C@@H](CCC(C)C)C(=O)N1CC(=O)[C@@H]2C1CCN2C(=O)[C@H](CC(C)C)NC(=O)c1ccc(N(C)C)cc1. The normalized spacial score (nSPS) is 20.0. The summed E-state index contributed by atoms with van der Waals surface area (Å²) in [5.41, 5.74) is 1.41. The van der Waals surface area contributed by atoms with Gasteiger partial charge in [0.2, 0.25) is 17.7 Å². The van der Waals surface area contributed by atoms with Gasteiger partial charge in [-0.05, 0) is 61.8 Å². The molecule has 10 nitrogen and oxygen atoms in total. The summed E-state index contributed by atoms with van der Waals surface area (Å²) in [7, 11) is 3.83. The molecule has 220 valence electrons. The van der Waals surface area contributed by atoms with Gasteiger partial charge in [0.05, 0.1) is 12.6 Å². The number of likely N-dealkylation sites (tertiary alicyclic amines) is 2. The topological polar surface area (TPSA) is 119 Å². The summed E-state index contributed by atoms with van der Waals surface area (Å²) >= 11 is 0. The van der Waals surface area contributed by atoms with E-state index in [-0.39, 0.29) is 41.9 Å². The van der Waals surface area contributed by atoms with Gasteiger partial charge in [-0.1, -0.05) is 27.7 Å². The second kappa shape index (κ2) is 13.3. The maximum absolute atomic E-state index is 13.8. The van der Waals surface area contributed by atoms with Crippen LogP contribution in [0.5, 0.6) is 0 Å². The van der Waals surface area contributed by atoms with E-state index in [1.54, 1.807) is 21.9 Å². The summed E-state index contributed by atoms with van der Waals surface area (Å²) in [5.74, 6) is -0.937. The van der Waals surface area contributed by atoms with Gasteiger partial charge in [0, 0.05) is 38.8 Å². The molecular weight excluding hydrogens is 510 g/mol. The van der Waals surface area contributed by atoms with Crippen LogP contribution in [0.25, 0.3) is 0 Å². The van der Waals surface area contributed by atoms with Crippen LogP contribution in [0, 0.1) is 11.8 Å². The van der Waals surface area contributed by atoms with E-state index in [1.165, 1.54) is 6.92 Å². The highest BCUT2D eigenvalue weighted by Crippen LogP contribution is 2.31. The molecule has 0 bridgehead atoms. The number of benzene rings is 1. The summed E-state index contributed by atoms with van der Waals surface area (Å²) in [6, 6.07) is 4.46. The van der Waals surface area contributed by atoms with E-state index in [9.17, 15) is 24.0 Å². The fourth-order valence-corrected chi connectivity index (χ4v) is 5.61. The Kier molecular flexibility index (Phi) is 10.3. The van der Waals surface area contributed by atoms with Gasteiger partial charge in [0.1, 0.15) is 18.1 Å². The van der Waals surface area contributed by atoms with Crippen molar-refractivity contribution in [2.45, 2.75) is 84.5 Å². The molecule has 3 rings (SSSR count). The second-order valence-corrected chi connectivity index (χ2v) is 12.1. The number of hydrogen-bond donors (Lipinski definition) is 2. The van der Waals surface area contributed by atoms with Crippen LogP contribution in [-0.4, -0.2) is 90.6 Å². The monoisotopic (exact) mass is 555 g/mol. The quantitative estimate of drug-likeness (QED) is 0.432. The number of anilines is 1. The number of nitrogens with zero attached hydrogens (tertiary/aromatic N) is 3. The molecule has 2 heterocycles. The minimum Gasteiger partial charge on any atom is -0.378 e. The summed E-state index contributed by atoms with van der Waals surface area (Å²) in [6.07, 6.45) is 2.13. The zero-order valence-corrected chi connectivity index (χ0v) is 24.9. The van der Waals surface area contributed by atoms with E-state index in [1.807, 2.05) is 45.0 Å². The molecule has 40 heavy (non-hydrogen) atoms. The molecule has 4 amide bonds. The molecule has 1 aromatic rings. The lowest BCUT2D eigenvalue weighted by Crippen LogP contribution is -2.53. The zero-order valence-electron chi connectivity index (χ0n) is 24.9. The lowest BCUT2D eigenvalue weighted by Gasteiger charge is -2.30. The highest BCUT2D eigenvalue weighted by Gasteiger charge is 2.53. The van der Waals surface area contributed by atoms with E-state index in [2.05, 4.69) is 24.5 Å². The minimum atomic E-state index is -0.796. The van der Waals surface area contributed by atoms with Crippen LogP contribution >= 0.6 is 0 Å². The third-order valence-corrected chi connectivity index (χ3v) is 7.65. The number of carbonyl (C=O) groups excluding carboxylic acids is 5. The van der Waals surface area contributed by atoms with E-state index < -0.39 is 24.2 Å². The summed E-state index contributed by atoms with van der Waals surface area (Å²) in [6.45, 7) is 9.67. The van der Waals surface area contributed by atoms with Crippen molar-refractivity contribution in [3.05, 3.63) is 29.8 Å². The Labute approximate surface area is 237 Å². The number of amides is 4. The van der Waals surface area contributed by atoms with Gasteiger partial charge in [-0.2, -0.15) is 0 Å². The predicted molar refractivity (Wildman–Crippen MR) is 154 cm³/mol. The molecule has 0 aliphatic carbocycles. The third kappa shape index (κ3) is 7.40. The van der Waals surface area contributed by atoms with Crippen molar-refractivity contribution in [3.63, 3.8) is 0 Å². The average molecular weight is 556 g/mol. The van der Waals surface area contributed by atoms with Crippen molar-refractivity contribution in [2.24, 2.45) is 11.8 Å². The molecule has 0 aromatic heterocycles. The molecule has 2 aliphatic heterocycles. The first-order chi connectivity index (χ1) is 18.8. The standard InChI is InChI=1S/C30H45N5O5/c1-18(2)8-13-23(31-20(5)36)29(39)35-17-26(37)27-25(35)14-15-34(27)30(40)24(16-19(3)4)32-28(38)21-9-11-22(12-10-21)33(6)7/h9-12,18-19,23-25,27H,8,13-17H2,1-7H3,(H,31,36)(H,32,38)/t23-,24-,25?,27-/m0/s1. The van der Waals surface area contributed by atoms with Crippen LogP contribution in [0.15, 0.2) is 24.3 Å². The average Bonchev–Trinajstić information content (AvgIpc) is 3.46. The molecule has 1 aromatic carbocycles. The first-order valence-electron chi connectivity index (χ1n) is 14.3. The van der Waals surface area contributed by atoms with E-state index in [0.29, 0.717) is 37.3 Å². The molecule has 2 aliphatic rings. The van der Waals surface area contributed by atoms with Gasteiger partial charge in [-0.3, -0.25) is 24.0 Å². The molecule has 4 atom stereocenters. The van der Waals surface area contributed by atoms with E-state index in [0.717, 1.165) is 12.1 Å².